The Morgan fingerprint density at radius 1 is 0.315 bits per heavy atom. The molecule has 0 aromatic heterocycles. The molecule has 0 saturated heterocycles. The van der Waals surface area contributed by atoms with Crippen molar-refractivity contribution in [1.29, 1.82) is 0 Å². The minimum atomic E-state index is -0.286. The van der Waals surface area contributed by atoms with Gasteiger partial charge in [0.2, 0.25) is 0 Å². The molecule has 54 heavy (non-hydrogen) atoms. The Bertz CT molecular complexity index is 2950. The average Bonchev–Trinajstić information content (AvgIpc) is 3.84. The number of hydrogen-bond donors (Lipinski definition) is 0. The van der Waals surface area contributed by atoms with Crippen LogP contribution in [0.1, 0.15) is 22.3 Å². The summed E-state index contributed by atoms with van der Waals surface area (Å²) in [6.07, 6.45) is 0. The normalized spacial score (nSPS) is 15.1. The lowest BCUT2D eigenvalue weighted by atomic mass is 9.73. The lowest BCUT2D eigenvalue weighted by Gasteiger charge is -2.29. The first kappa shape index (κ1) is 29.6. The zero-order valence-electron chi connectivity index (χ0n) is 29.5. The molecule has 9 aromatic carbocycles. The van der Waals surface area contributed by atoms with Crippen molar-refractivity contribution in [3.8, 4) is 55.6 Å². The molecule has 1 nitrogen and oxygen atoms in total. The summed E-state index contributed by atoms with van der Waals surface area (Å²) >= 11 is 0. The molecule has 0 fully saturated rings. The zero-order valence-corrected chi connectivity index (χ0v) is 29.5. The van der Waals surface area contributed by atoms with Crippen LogP contribution >= 0.6 is 0 Å². The van der Waals surface area contributed by atoms with E-state index < -0.39 is 0 Å². The summed E-state index contributed by atoms with van der Waals surface area (Å²) in [5.74, 6) is 0. The van der Waals surface area contributed by atoms with E-state index in [4.69, 9.17) is 0 Å². The van der Waals surface area contributed by atoms with E-state index in [2.05, 4.69) is 205 Å². The fraction of sp³-hybridized carbons (Fsp3) is 0.0189. The molecular formula is C53H33N. The van der Waals surface area contributed by atoms with Crippen LogP contribution in [0, 0.1) is 0 Å². The zero-order chi connectivity index (χ0) is 35.4. The Labute approximate surface area is 315 Å². The molecule has 1 heteroatoms. The Hall–Kier alpha value is -6.96. The van der Waals surface area contributed by atoms with Crippen LogP contribution in [0.15, 0.2) is 200 Å². The number of para-hydroxylation sites is 1. The van der Waals surface area contributed by atoms with Gasteiger partial charge in [-0.15, -0.1) is 0 Å². The quantitative estimate of drug-likeness (QED) is 0.175. The van der Waals surface area contributed by atoms with Gasteiger partial charge in [0.05, 0.1) is 16.8 Å². The molecule has 250 valence electrons. The van der Waals surface area contributed by atoms with Gasteiger partial charge in [0.1, 0.15) is 0 Å². The van der Waals surface area contributed by atoms with Gasteiger partial charge < -0.3 is 4.90 Å². The van der Waals surface area contributed by atoms with E-state index in [0.717, 1.165) is 17.1 Å². The van der Waals surface area contributed by atoms with Crippen LogP contribution in [0.4, 0.5) is 17.1 Å². The van der Waals surface area contributed by atoms with E-state index in [0.29, 0.717) is 0 Å². The molecule has 1 unspecified atom stereocenters. The maximum atomic E-state index is 2.50. The largest absolute Gasteiger partial charge is 0.309 e. The summed E-state index contributed by atoms with van der Waals surface area (Å²) in [5.41, 5.74) is 21.9. The van der Waals surface area contributed by atoms with Crippen LogP contribution in [0.5, 0.6) is 0 Å². The number of benzene rings is 9. The monoisotopic (exact) mass is 683 g/mol. The second-order valence-electron chi connectivity index (χ2n) is 14.8. The van der Waals surface area contributed by atoms with Gasteiger partial charge in [0, 0.05) is 16.6 Å². The molecule has 0 saturated carbocycles. The van der Waals surface area contributed by atoms with Crippen molar-refractivity contribution in [3.05, 3.63) is 222 Å². The highest BCUT2D eigenvalue weighted by molar-refractivity contribution is 6.07. The summed E-state index contributed by atoms with van der Waals surface area (Å²) in [6.45, 7) is 0. The third kappa shape index (κ3) is 3.83. The number of anilines is 3. The predicted octanol–water partition coefficient (Wildman–Crippen LogP) is 14.0. The van der Waals surface area contributed by atoms with Crippen molar-refractivity contribution in [2.45, 2.75) is 5.41 Å². The molecule has 0 bridgehead atoms. The molecular weight excluding hydrogens is 651 g/mol. The Morgan fingerprint density at radius 3 is 1.63 bits per heavy atom. The van der Waals surface area contributed by atoms with Crippen LogP contribution in [0.2, 0.25) is 0 Å². The van der Waals surface area contributed by atoms with E-state index >= 15 is 0 Å². The highest BCUT2D eigenvalue weighted by Crippen LogP contribution is 2.70. The first-order chi connectivity index (χ1) is 26.8. The summed E-state index contributed by atoms with van der Waals surface area (Å²) in [7, 11) is 0. The van der Waals surface area contributed by atoms with Gasteiger partial charge in [-0.25, -0.2) is 0 Å². The Balaban J connectivity index is 1.03. The van der Waals surface area contributed by atoms with Gasteiger partial charge in [0.15, 0.2) is 0 Å². The fourth-order valence-electron chi connectivity index (χ4n) is 10.1. The topological polar surface area (TPSA) is 3.24 Å². The Morgan fingerprint density at radius 2 is 0.852 bits per heavy atom. The fourth-order valence-corrected chi connectivity index (χ4v) is 10.1. The predicted molar refractivity (Wildman–Crippen MR) is 225 cm³/mol. The van der Waals surface area contributed by atoms with Crippen molar-refractivity contribution >= 4 is 27.8 Å². The van der Waals surface area contributed by atoms with Crippen molar-refractivity contribution in [2.24, 2.45) is 0 Å². The van der Waals surface area contributed by atoms with E-state index in [1.54, 1.807) is 0 Å². The number of hydrogen-bond acceptors (Lipinski definition) is 1. The maximum Gasteiger partial charge on any atom is 0.0737 e. The third-order valence-corrected chi connectivity index (χ3v) is 12.2. The summed E-state index contributed by atoms with van der Waals surface area (Å²) < 4.78 is 0. The number of fused-ring (bicyclic) bond motifs is 6. The van der Waals surface area contributed by atoms with Gasteiger partial charge >= 0.3 is 0 Å². The van der Waals surface area contributed by atoms with Crippen LogP contribution in [-0.2, 0) is 5.41 Å². The van der Waals surface area contributed by atoms with E-state index in [1.165, 1.54) is 88.7 Å². The molecule has 1 atom stereocenters. The SMILES string of the molecule is c1ccc(-c2ccccc2N(c2ccc(-c3ccc4c(c3)C35c6ccccc6-c6cccc(c63)-c3cccc-4c35)cc2)c2cccc3ccccc23)cc1. The Kier molecular flexibility index (Phi) is 6.04. The molecule has 9 aromatic rings. The van der Waals surface area contributed by atoms with Gasteiger partial charge in [-0.1, -0.05) is 170 Å². The smallest absolute Gasteiger partial charge is 0.0737 e. The van der Waals surface area contributed by atoms with Gasteiger partial charge in [-0.05, 0) is 108 Å². The van der Waals surface area contributed by atoms with E-state index in [-0.39, 0.29) is 5.41 Å². The lowest BCUT2D eigenvalue weighted by Crippen LogP contribution is -2.23. The molecule has 1 spiro atoms. The minimum absolute atomic E-state index is 0.286. The number of rotatable bonds is 5. The standard InChI is InChI=1S/C53H33N/c1-2-13-35(14-3-1)39-18-7-9-25-49(39)54(50-26-10-16-36-15-4-5-17-40(36)50)38-30-27-34(28-31-38)37-29-32-42-44-21-12-23-46-45-22-11-20-43-41-19-6-8-24-47(41)53(51(43)45,52(44)46)48(42)33-37/h1-33H. The number of nitrogens with zero attached hydrogens (tertiary/aromatic N) is 1. The van der Waals surface area contributed by atoms with Crippen LogP contribution < -0.4 is 4.90 Å². The van der Waals surface area contributed by atoms with Crippen molar-refractivity contribution in [2.75, 3.05) is 4.90 Å². The first-order valence-corrected chi connectivity index (χ1v) is 18.9. The van der Waals surface area contributed by atoms with Gasteiger partial charge in [0.25, 0.3) is 0 Å². The first-order valence-electron chi connectivity index (χ1n) is 18.9. The molecule has 12 rings (SSSR count). The van der Waals surface area contributed by atoms with Crippen molar-refractivity contribution in [1.82, 2.24) is 0 Å². The molecule has 3 aliphatic rings. The van der Waals surface area contributed by atoms with Crippen molar-refractivity contribution in [3.63, 3.8) is 0 Å². The van der Waals surface area contributed by atoms with Gasteiger partial charge in [-0.2, -0.15) is 0 Å². The maximum absolute atomic E-state index is 2.50. The van der Waals surface area contributed by atoms with E-state index in [1.807, 2.05) is 0 Å². The van der Waals surface area contributed by atoms with Gasteiger partial charge in [-0.3, -0.25) is 0 Å². The molecule has 0 radical (unpaired) electrons. The second kappa shape index (κ2) is 11.0. The summed E-state index contributed by atoms with van der Waals surface area (Å²) in [5, 5.41) is 2.44. The second-order valence-corrected chi connectivity index (χ2v) is 14.8. The summed E-state index contributed by atoms with van der Waals surface area (Å²) in [4.78, 5) is 2.43. The van der Waals surface area contributed by atoms with Crippen LogP contribution in [-0.4, -0.2) is 0 Å². The lowest BCUT2D eigenvalue weighted by molar-refractivity contribution is 0.818. The minimum Gasteiger partial charge on any atom is -0.309 e. The van der Waals surface area contributed by atoms with Crippen LogP contribution in [0.25, 0.3) is 66.4 Å². The third-order valence-electron chi connectivity index (χ3n) is 12.2. The summed E-state index contributed by atoms with van der Waals surface area (Å²) in [6, 6.07) is 74.1. The van der Waals surface area contributed by atoms with Crippen molar-refractivity contribution < 1.29 is 0 Å². The molecule has 0 amide bonds. The highest BCUT2D eigenvalue weighted by atomic mass is 15.1. The molecule has 0 N–H and O–H groups in total. The highest BCUT2D eigenvalue weighted by Gasteiger charge is 2.57. The molecule has 0 heterocycles. The van der Waals surface area contributed by atoms with E-state index in [9.17, 15) is 0 Å². The van der Waals surface area contributed by atoms with Crippen LogP contribution in [0.3, 0.4) is 0 Å². The molecule has 0 aliphatic heterocycles. The molecule has 3 aliphatic carbocycles. The average molecular weight is 684 g/mol.